The molecule has 1 heterocycles. The van der Waals surface area contributed by atoms with E-state index in [9.17, 15) is 9.59 Å². The maximum absolute atomic E-state index is 14.0. The zero-order valence-corrected chi connectivity index (χ0v) is 25.0. The van der Waals surface area contributed by atoms with Gasteiger partial charge in [-0.3, -0.25) is 14.6 Å². The van der Waals surface area contributed by atoms with Crippen LogP contribution in [-0.4, -0.2) is 52.0 Å². The van der Waals surface area contributed by atoms with Gasteiger partial charge in [0.15, 0.2) is 28.8 Å². The SMILES string of the molecule is CCCCOC(=O)C1C(C)=NC2=C(C(=O)C[C@@H](c3ccc(OC)c(OC)c3)C2)[C@H]1c1ccc(OCCC)c(OC)c1. The predicted molar refractivity (Wildman–Crippen MR) is 158 cm³/mol. The second-order valence-electron chi connectivity index (χ2n) is 10.5. The van der Waals surface area contributed by atoms with E-state index in [4.69, 9.17) is 28.7 Å². The molecule has 1 aliphatic heterocycles. The highest BCUT2D eigenvalue weighted by molar-refractivity contribution is 6.09. The highest BCUT2D eigenvalue weighted by Gasteiger charge is 2.45. The monoisotopic (exact) mass is 563 g/mol. The highest BCUT2D eigenvalue weighted by atomic mass is 16.5. The van der Waals surface area contributed by atoms with Crippen molar-refractivity contribution >= 4 is 17.5 Å². The van der Waals surface area contributed by atoms with E-state index in [0.29, 0.717) is 66.0 Å². The standard InChI is InChI=1S/C33H41NO7/c1-7-9-15-41-33(36)30-20(3)34-24-16-23(21-10-12-26(37-4)28(18-21)38-5)17-25(35)32(24)31(30)22-11-13-27(40-14-8-2)29(19-22)39-6/h10-13,18-19,23,30-31H,7-9,14-17H2,1-6H3/t23-,30?,31-/m0/s1. The Bertz CT molecular complexity index is 1330. The van der Waals surface area contributed by atoms with Crippen molar-refractivity contribution in [3.05, 3.63) is 58.8 Å². The van der Waals surface area contributed by atoms with E-state index in [1.165, 1.54) is 0 Å². The van der Waals surface area contributed by atoms with Gasteiger partial charge in [0, 0.05) is 29.3 Å². The Kier molecular flexibility index (Phi) is 10.1. The van der Waals surface area contributed by atoms with Crippen LogP contribution >= 0.6 is 0 Å². The summed E-state index contributed by atoms with van der Waals surface area (Å²) < 4.78 is 28.1. The highest BCUT2D eigenvalue weighted by Crippen LogP contribution is 2.48. The van der Waals surface area contributed by atoms with Crippen molar-refractivity contribution in [1.82, 2.24) is 0 Å². The maximum atomic E-state index is 14.0. The van der Waals surface area contributed by atoms with Gasteiger partial charge in [0.25, 0.3) is 0 Å². The first-order chi connectivity index (χ1) is 19.9. The molecule has 0 aromatic heterocycles. The molecular weight excluding hydrogens is 522 g/mol. The maximum Gasteiger partial charge on any atom is 0.315 e. The van der Waals surface area contributed by atoms with Crippen molar-refractivity contribution in [3.8, 4) is 23.0 Å². The molecular formula is C33H41NO7. The number of allylic oxidation sites excluding steroid dienone is 2. The zero-order valence-electron chi connectivity index (χ0n) is 25.0. The first-order valence-corrected chi connectivity index (χ1v) is 14.4. The molecule has 8 heteroatoms. The summed E-state index contributed by atoms with van der Waals surface area (Å²) in [6.45, 7) is 6.83. The lowest BCUT2D eigenvalue weighted by molar-refractivity contribution is -0.146. The molecule has 41 heavy (non-hydrogen) atoms. The number of carbonyl (C=O) groups excluding carboxylic acids is 2. The van der Waals surface area contributed by atoms with Gasteiger partial charge in [-0.25, -0.2) is 0 Å². The van der Waals surface area contributed by atoms with Crippen molar-refractivity contribution in [2.45, 2.75) is 64.7 Å². The fourth-order valence-electron chi connectivity index (χ4n) is 5.68. The van der Waals surface area contributed by atoms with Gasteiger partial charge in [-0.15, -0.1) is 0 Å². The van der Waals surface area contributed by atoms with E-state index in [2.05, 4.69) is 0 Å². The molecule has 2 aliphatic rings. The Morgan fingerprint density at radius 3 is 2.20 bits per heavy atom. The van der Waals surface area contributed by atoms with Gasteiger partial charge < -0.3 is 23.7 Å². The average molecular weight is 564 g/mol. The molecule has 3 atom stereocenters. The van der Waals surface area contributed by atoms with Gasteiger partial charge in [-0.2, -0.15) is 0 Å². The number of benzene rings is 2. The van der Waals surface area contributed by atoms with Crippen LogP contribution in [0.15, 0.2) is 52.7 Å². The summed E-state index contributed by atoms with van der Waals surface area (Å²) >= 11 is 0. The topological polar surface area (TPSA) is 92.7 Å². The van der Waals surface area contributed by atoms with Gasteiger partial charge in [0.2, 0.25) is 0 Å². The quantitative estimate of drug-likeness (QED) is 0.217. The van der Waals surface area contributed by atoms with Crippen LogP contribution in [0, 0.1) is 5.92 Å². The van der Waals surface area contributed by atoms with Crippen molar-refractivity contribution in [2.24, 2.45) is 10.9 Å². The minimum Gasteiger partial charge on any atom is -0.493 e. The molecule has 2 aromatic rings. The van der Waals surface area contributed by atoms with E-state index in [0.717, 1.165) is 30.4 Å². The number of rotatable bonds is 12. The number of hydrogen-bond donors (Lipinski definition) is 0. The smallest absolute Gasteiger partial charge is 0.315 e. The van der Waals surface area contributed by atoms with Crippen LogP contribution in [-0.2, 0) is 14.3 Å². The number of esters is 1. The van der Waals surface area contributed by atoms with E-state index in [1.807, 2.05) is 57.2 Å². The zero-order chi connectivity index (χ0) is 29.5. The molecule has 0 amide bonds. The molecule has 1 aliphatic carbocycles. The molecule has 8 nitrogen and oxygen atoms in total. The summed E-state index contributed by atoms with van der Waals surface area (Å²) in [6.07, 6.45) is 3.41. The van der Waals surface area contributed by atoms with Gasteiger partial charge in [-0.05, 0) is 67.5 Å². The lowest BCUT2D eigenvalue weighted by Gasteiger charge is -2.36. The Labute approximate surface area is 242 Å². The van der Waals surface area contributed by atoms with E-state index in [-0.39, 0.29) is 17.7 Å². The molecule has 0 saturated heterocycles. The number of carbonyl (C=O) groups is 2. The number of methoxy groups -OCH3 is 3. The van der Waals surface area contributed by atoms with Crippen molar-refractivity contribution in [3.63, 3.8) is 0 Å². The van der Waals surface area contributed by atoms with Crippen molar-refractivity contribution in [2.75, 3.05) is 34.5 Å². The third kappa shape index (κ3) is 6.42. The van der Waals surface area contributed by atoms with Gasteiger partial charge in [-0.1, -0.05) is 32.4 Å². The Morgan fingerprint density at radius 1 is 0.854 bits per heavy atom. The fraction of sp³-hybridized carbons (Fsp3) is 0.485. The van der Waals surface area contributed by atoms with Crippen LogP contribution < -0.4 is 18.9 Å². The summed E-state index contributed by atoms with van der Waals surface area (Å²) in [7, 11) is 4.78. The summed E-state index contributed by atoms with van der Waals surface area (Å²) in [4.78, 5) is 32.4. The molecule has 0 saturated carbocycles. The minimum atomic E-state index is -0.709. The lowest BCUT2D eigenvalue weighted by Crippen LogP contribution is -2.38. The third-order valence-electron chi connectivity index (χ3n) is 7.77. The predicted octanol–water partition coefficient (Wildman–Crippen LogP) is 6.42. The lowest BCUT2D eigenvalue weighted by atomic mass is 9.69. The number of ether oxygens (including phenoxy) is 5. The van der Waals surface area contributed by atoms with Crippen LogP contribution in [0.1, 0.15) is 75.8 Å². The van der Waals surface area contributed by atoms with Crippen LogP contribution in [0.25, 0.3) is 0 Å². The molecule has 220 valence electrons. The Hall–Kier alpha value is -3.81. The van der Waals surface area contributed by atoms with E-state index in [1.54, 1.807) is 21.3 Å². The van der Waals surface area contributed by atoms with Gasteiger partial charge in [0.05, 0.1) is 34.5 Å². The number of unbranched alkanes of at least 4 members (excludes halogenated alkanes) is 1. The number of aliphatic imine (C=N–C) groups is 1. The molecule has 0 bridgehead atoms. The Balaban J connectivity index is 1.77. The molecule has 1 unspecified atom stereocenters. The molecule has 2 aromatic carbocycles. The molecule has 0 radical (unpaired) electrons. The van der Waals surface area contributed by atoms with E-state index >= 15 is 0 Å². The summed E-state index contributed by atoms with van der Waals surface area (Å²) in [5.41, 5.74) is 3.71. The molecule has 4 rings (SSSR count). The Morgan fingerprint density at radius 2 is 1.51 bits per heavy atom. The summed E-state index contributed by atoms with van der Waals surface area (Å²) in [5.74, 6) is 0.720. The van der Waals surface area contributed by atoms with Crippen LogP contribution in [0.5, 0.6) is 23.0 Å². The first kappa shape index (κ1) is 30.2. The number of nitrogens with zero attached hydrogens (tertiary/aromatic N) is 1. The van der Waals surface area contributed by atoms with Crippen LogP contribution in [0.2, 0.25) is 0 Å². The van der Waals surface area contributed by atoms with Crippen LogP contribution in [0.4, 0.5) is 0 Å². The minimum absolute atomic E-state index is 0.0241. The average Bonchev–Trinajstić information content (AvgIpc) is 2.98. The molecule has 0 fully saturated rings. The fourth-order valence-corrected chi connectivity index (χ4v) is 5.68. The normalized spacial score (nSPS) is 20.2. The number of hydrogen-bond acceptors (Lipinski definition) is 8. The van der Waals surface area contributed by atoms with Crippen molar-refractivity contribution < 1.29 is 33.3 Å². The molecule has 0 N–H and O–H groups in total. The number of ketones is 1. The third-order valence-corrected chi connectivity index (χ3v) is 7.77. The first-order valence-electron chi connectivity index (χ1n) is 14.4. The van der Waals surface area contributed by atoms with Gasteiger partial charge >= 0.3 is 5.97 Å². The summed E-state index contributed by atoms with van der Waals surface area (Å²) in [6, 6.07) is 11.4. The van der Waals surface area contributed by atoms with Gasteiger partial charge in [0.1, 0.15) is 5.92 Å². The van der Waals surface area contributed by atoms with E-state index < -0.39 is 11.8 Å². The summed E-state index contributed by atoms with van der Waals surface area (Å²) in [5, 5.41) is 0. The second kappa shape index (κ2) is 13.7. The van der Waals surface area contributed by atoms with Crippen molar-refractivity contribution in [1.29, 1.82) is 0 Å². The second-order valence-corrected chi connectivity index (χ2v) is 10.5. The number of Topliss-reactive ketones (excluding diaryl/α,β-unsaturated/α-hetero) is 1. The molecule has 0 spiro atoms. The van der Waals surface area contributed by atoms with Crippen LogP contribution in [0.3, 0.4) is 0 Å². The largest absolute Gasteiger partial charge is 0.493 e.